The highest BCUT2D eigenvalue weighted by Crippen LogP contribution is 2.18. The van der Waals surface area contributed by atoms with E-state index in [-0.39, 0.29) is 18.6 Å². The van der Waals surface area contributed by atoms with Gasteiger partial charge in [0, 0.05) is 17.4 Å². The minimum Gasteiger partial charge on any atom is -0.445 e. The van der Waals surface area contributed by atoms with Gasteiger partial charge in [-0.25, -0.2) is 4.79 Å². The second-order valence-electron chi connectivity index (χ2n) is 8.11. The van der Waals surface area contributed by atoms with E-state index in [1.807, 2.05) is 102 Å². The molecule has 3 aromatic rings. The van der Waals surface area contributed by atoms with Crippen molar-refractivity contribution in [3.63, 3.8) is 0 Å². The number of alkyl carbamates (subject to hydrolysis) is 1. The normalized spacial score (nSPS) is 12.6. The number of thioether (sulfide) groups is 1. The van der Waals surface area contributed by atoms with E-state index in [1.165, 1.54) is 0 Å². The van der Waals surface area contributed by atoms with Gasteiger partial charge in [-0.1, -0.05) is 110 Å². The monoisotopic (exact) mass is 488 g/mol. The third kappa shape index (κ3) is 9.71. The fourth-order valence-corrected chi connectivity index (χ4v) is 4.23. The number of ether oxygens (including phenoxy) is 1. The van der Waals surface area contributed by atoms with E-state index < -0.39 is 12.1 Å². The number of hydrogen-bond acceptors (Lipinski definition) is 4. The molecule has 5 nitrogen and oxygen atoms in total. The number of nitrogens with one attached hydrogen (secondary N) is 2. The third-order valence-corrected chi connectivity index (χ3v) is 6.13. The van der Waals surface area contributed by atoms with Crippen LogP contribution in [0.1, 0.15) is 30.9 Å². The third-order valence-electron chi connectivity index (χ3n) is 5.29. The van der Waals surface area contributed by atoms with Crippen molar-refractivity contribution in [1.82, 2.24) is 10.6 Å². The standard InChI is InChI=1S/C29H32N2O3S/c1-2-12-25(19-20-35-26-17-10-5-11-18-26)30-28(32)27(21-23-13-6-3-7-14-23)31-29(33)34-22-24-15-8-4-9-16-24/h3-11,13-20,25,27H,2,12,21-22H2,1H3,(H,30,32)(H,31,33)/b20-19+/t25-,27-/m0/s1. The number of carbonyl (C=O) groups is 2. The highest BCUT2D eigenvalue weighted by atomic mass is 32.2. The number of benzene rings is 3. The molecule has 0 aliphatic heterocycles. The van der Waals surface area contributed by atoms with E-state index >= 15 is 0 Å². The van der Waals surface area contributed by atoms with Gasteiger partial charge in [0.2, 0.25) is 5.91 Å². The van der Waals surface area contributed by atoms with Crippen molar-refractivity contribution in [3.05, 3.63) is 114 Å². The summed E-state index contributed by atoms with van der Waals surface area (Å²) in [4.78, 5) is 26.9. The van der Waals surface area contributed by atoms with E-state index in [2.05, 4.69) is 17.6 Å². The largest absolute Gasteiger partial charge is 0.445 e. The number of amides is 2. The highest BCUT2D eigenvalue weighted by Gasteiger charge is 2.23. The molecule has 2 N–H and O–H groups in total. The van der Waals surface area contributed by atoms with E-state index in [0.29, 0.717) is 6.42 Å². The van der Waals surface area contributed by atoms with Crippen LogP contribution in [0.5, 0.6) is 0 Å². The molecule has 182 valence electrons. The van der Waals surface area contributed by atoms with Gasteiger partial charge < -0.3 is 15.4 Å². The van der Waals surface area contributed by atoms with Gasteiger partial charge in [0.1, 0.15) is 12.6 Å². The zero-order valence-corrected chi connectivity index (χ0v) is 20.7. The molecule has 0 fully saturated rings. The summed E-state index contributed by atoms with van der Waals surface area (Å²) in [7, 11) is 0. The molecule has 3 rings (SSSR count). The molecule has 2 amide bonds. The summed E-state index contributed by atoms with van der Waals surface area (Å²) in [5, 5.41) is 7.86. The minimum absolute atomic E-state index is 0.135. The Morgan fingerprint density at radius 3 is 2.09 bits per heavy atom. The van der Waals surface area contributed by atoms with E-state index in [1.54, 1.807) is 11.8 Å². The topological polar surface area (TPSA) is 67.4 Å². The molecule has 0 spiro atoms. The lowest BCUT2D eigenvalue weighted by atomic mass is 10.0. The number of hydrogen-bond donors (Lipinski definition) is 2. The molecule has 0 aliphatic rings. The maximum absolute atomic E-state index is 13.3. The van der Waals surface area contributed by atoms with Gasteiger partial charge in [0.05, 0.1) is 0 Å². The minimum atomic E-state index is -0.754. The molecule has 35 heavy (non-hydrogen) atoms. The molecule has 0 bridgehead atoms. The predicted molar refractivity (Wildman–Crippen MR) is 142 cm³/mol. The first-order chi connectivity index (χ1) is 17.1. The van der Waals surface area contributed by atoms with Crippen molar-refractivity contribution < 1.29 is 14.3 Å². The van der Waals surface area contributed by atoms with Crippen LogP contribution in [0, 0.1) is 0 Å². The molecule has 0 aromatic heterocycles. The maximum atomic E-state index is 13.3. The molecule has 0 heterocycles. The first kappa shape index (κ1) is 26.1. The van der Waals surface area contributed by atoms with Crippen molar-refractivity contribution in [2.45, 2.75) is 49.8 Å². The second-order valence-corrected chi connectivity index (χ2v) is 9.09. The molecule has 3 aromatic carbocycles. The quantitative estimate of drug-likeness (QED) is 0.302. The van der Waals surface area contributed by atoms with Gasteiger partial charge >= 0.3 is 6.09 Å². The fraction of sp³-hybridized carbons (Fsp3) is 0.241. The summed E-state index contributed by atoms with van der Waals surface area (Å²) in [6, 6.07) is 28.3. The van der Waals surface area contributed by atoms with Gasteiger partial charge in [-0.2, -0.15) is 0 Å². The maximum Gasteiger partial charge on any atom is 0.408 e. The number of carbonyl (C=O) groups excluding carboxylic acids is 2. The molecule has 6 heteroatoms. The Balaban J connectivity index is 1.63. The average molecular weight is 489 g/mol. The summed E-state index contributed by atoms with van der Waals surface area (Å²) < 4.78 is 5.37. The smallest absolute Gasteiger partial charge is 0.408 e. The van der Waals surface area contributed by atoms with Crippen LogP contribution in [0.4, 0.5) is 4.79 Å². The lowest BCUT2D eigenvalue weighted by molar-refractivity contribution is -0.123. The second kappa shape index (κ2) is 14.7. The van der Waals surface area contributed by atoms with Crippen LogP contribution in [0.25, 0.3) is 0 Å². The molecule has 0 aliphatic carbocycles. The predicted octanol–water partition coefficient (Wildman–Crippen LogP) is 6.12. The molecule has 2 atom stereocenters. The Labute approximate surface area is 212 Å². The zero-order chi connectivity index (χ0) is 24.7. The van der Waals surface area contributed by atoms with E-state index in [9.17, 15) is 9.59 Å². The van der Waals surface area contributed by atoms with Gasteiger partial charge in [0.15, 0.2) is 0 Å². The van der Waals surface area contributed by atoms with Crippen molar-refractivity contribution >= 4 is 23.8 Å². The Bertz CT molecular complexity index is 1060. The van der Waals surface area contributed by atoms with Gasteiger partial charge in [0.25, 0.3) is 0 Å². The van der Waals surface area contributed by atoms with E-state index in [0.717, 1.165) is 28.9 Å². The average Bonchev–Trinajstić information content (AvgIpc) is 2.89. The molecule has 0 radical (unpaired) electrons. The van der Waals surface area contributed by atoms with E-state index in [4.69, 9.17) is 4.74 Å². The lowest BCUT2D eigenvalue weighted by Crippen LogP contribution is -2.50. The van der Waals surface area contributed by atoms with Gasteiger partial charge in [-0.05, 0) is 35.1 Å². The van der Waals surface area contributed by atoms with Crippen LogP contribution in [0.2, 0.25) is 0 Å². The van der Waals surface area contributed by atoms with Crippen LogP contribution in [-0.2, 0) is 22.6 Å². The summed E-state index contributed by atoms with van der Waals surface area (Å²) in [6.07, 6.45) is 3.47. The van der Waals surface area contributed by atoms with Crippen molar-refractivity contribution in [1.29, 1.82) is 0 Å². The zero-order valence-electron chi connectivity index (χ0n) is 19.9. The summed E-state index contributed by atoms with van der Waals surface area (Å²) >= 11 is 1.61. The SMILES string of the molecule is CCC[C@@H](/C=C/Sc1ccccc1)NC(=O)[C@H](Cc1ccccc1)NC(=O)OCc1ccccc1. The molecular formula is C29H32N2O3S. The van der Waals surface area contributed by atoms with Crippen LogP contribution in [-0.4, -0.2) is 24.1 Å². The van der Waals surface area contributed by atoms with Gasteiger partial charge in [-0.15, -0.1) is 0 Å². The summed E-state index contributed by atoms with van der Waals surface area (Å²) in [6.45, 7) is 2.22. The Kier molecular flexibility index (Phi) is 11.0. The first-order valence-corrected chi connectivity index (χ1v) is 12.7. The van der Waals surface area contributed by atoms with Crippen molar-refractivity contribution in [3.8, 4) is 0 Å². The summed E-state index contributed by atoms with van der Waals surface area (Å²) in [5.41, 5.74) is 1.84. The van der Waals surface area contributed by atoms with Crippen molar-refractivity contribution in [2.75, 3.05) is 0 Å². The van der Waals surface area contributed by atoms with Crippen LogP contribution >= 0.6 is 11.8 Å². The van der Waals surface area contributed by atoms with Crippen LogP contribution < -0.4 is 10.6 Å². The molecule has 0 saturated carbocycles. The van der Waals surface area contributed by atoms with Gasteiger partial charge in [-0.3, -0.25) is 4.79 Å². The van der Waals surface area contributed by atoms with Crippen LogP contribution in [0.3, 0.4) is 0 Å². The highest BCUT2D eigenvalue weighted by molar-refractivity contribution is 8.02. The molecular weight excluding hydrogens is 456 g/mol. The van der Waals surface area contributed by atoms with Crippen LogP contribution in [0.15, 0.2) is 107 Å². The summed E-state index contributed by atoms with van der Waals surface area (Å²) in [5.74, 6) is -0.238. The Morgan fingerprint density at radius 2 is 1.46 bits per heavy atom. The number of rotatable bonds is 12. The fourth-order valence-electron chi connectivity index (χ4n) is 3.49. The Morgan fingerprint density at radius 1 is 0.857 bits per heavy atom. The lowest BCUT2D eigenvalue weighted by Gasteiger charge is -2.22. The first-order valence-electron chi connectivity index (χ1n) is 11.8. The Hall–Kier alpha value is -3.51. The van der Waals surface area contributed by atoms with Crippen molar-refractivity contribution in [2.24, 2.45) is 0 Å². The molecule has 0 saturated heterocycles. The molecule has 0 unspecified atom stereocenters.